The Morgan fingerprint density at radius 2 is 1.77 bits per heavy atom. The highest BCUT2D eigenvalue weighted by atomic mass is 19.4. The summed E-state index contributed by atoms with van der Waals surface area (Å²) in [4.78, 5) is 23.3. The van der Waals surface area contributed by atoms with E-state index < -0.39 is 17.8 Å². The van der Waals surface area contributed by atoms with Gasteiger partial charge in [0.15, 0.2) is 0 Å². The Hall–Kier alpha value is -3.56. The first-order valence-corrected chi connectivity index (χ1v) is 13.1. The first-order valence-electron chi connectivity index (χ1n) is 13.1. The SMILES string of the molecule is COc1cc2nc(C)nc(N[C@@H](C)c3cc(N)cc(C(F)(F)F)c3C)c2cc1C1CCC(C(=O)N(C)C)CC1. The minimum atomic E-state index is -4.51. The summed E-state index contributed by atoms with van der Waals surface area (Å²) < 4.78 is 46.6. The monoisotopic (exact) mass is 543 g/mol. The van der Waals surface area contributed by atoms with Gasteiger partial charge in [-0.3, -0.25) is 4.79 Å². The van der Waals surface area contributed by atoms with Gasteiger partial charge < -0.3 is 20.7 Å². The van der Waals surface area contributed by atoms with E-state index in [-0.39, 0.29) is 29.0 Å². The largest absolute Gasteiger partial charge is 0.496 e. The summed E-state index contributed by atoms with van der Waals surface area (Å²) >= 11 is 0. The molecule has 1 fully saturated rings. The van der Waals surface area contributed by atoms with E-state index in [2.05, 4.69) is 15.3 Å². The number of benzene rings is 2. The molecular weight excluding hydrogens is 507 g/mol. The molecule has 3 aromatic rings. The predicted molar refractivity (Wildman–Crippen MR) is 147 cm³/mol. The number of fused-ring (bicyclic) bond motifs is 1. The number of aryl methyl sites for hydroxylation is 1. The van der Waals surface area contributed by atoms with E-state index in [4.69, 9.17) is 10.5 Å². The summed E-state index contributed by atoms with van der Waals surface area (Å²) in [5.41, 5.74) is 7.43. The molecule has 10 heteroatoms. The highest BCUT2D eigenvalue weighted by Gasteiger charge is 2.34. The number of hydrogen-bond donors (Lipinski definition) is 2. The smallest absolute Gasteiger partial charge is 0.416 e. The lowest BCUT2D eigenvalue weighted by molar-refractivity contribution is -0.138. The Morgan fingerprint density at radius 3 is 2.36 bits per heavy atom. The molecule has 3 N–H and O–H groups in total. The summed E-state index contributed by atoms with van der Waals surface area (Å²) in [7, 11) is 5.20. The molecule has 210 valence electrons. The summed E-state index contributed by atoms with van der Waals surface area (Å²) in [5, 5.41) is 4.08. The van der Waals surface area contributed by atoms with Crippen molar-refractivity contribution in [2.24, 2.45) is 5.92 Å². The minimum absolute atomic E-state index is 0.0231. The first-order chi connectivity index (χ1) is 18.3. The van der Waals surface area contributed by atoms with Gasteiger partial charge in [0.25, 0.3) is 0 Å². The van der Waals surface area contributed by atoms with Gasteiger partial charge in [-0.05, 0) is 87.3 Å². The Bertz CT molecular complexity index is 1380. The van der Waals surface area contributed by atoms with Crippen molar-refractivity contribution in [3.05, 3.63) is 52.3 Å². The van der Waals surface area contributed by atoms with Crippen molar-refractivity contribution in [1.82, 2.24) is 14.9 Å². The van der Waals surface area contributed by atoms with E-state index in [1.807, 2.05) is 12.1 Å². The van der Waals surface area contributed by atoms with Gasteiger partial charge in [0.1, 0.15) is 17.4 Å². The maximum absolute atomic E-state index is 13.6. The van der Waals surface area contributed by atoms with E-state index in [1.165, 1.54) is 6.92 Å². The van der Waals surface area contributed by atoms with Gasteiger partial charge in [0.2, 0.25) is 5.91 Å². The summed E-state index contributed by atoms with van der Waals surface area (Å²) in [6.45, 7) is 5.02. The van der Waals surface area contributed by atoms with Crippen LogP contribution in [0.15, 0.2) is 24.3 Å². The summed E-state index contributed by atoms with van der Waals surface area (Å²) in [6, 6.07) is 5.94. The average Bonchev–Trinajstić information content (AvgIpc) is 2.87. The number of hydrogen-bond acceptors (Lipinski definition) is 6. The summed E-state index contributed by atoms with van der Waals surface area (Å²) in [6.07, 6.45) is -1.22. The molecule has 0 unspecified atom stereocenters. The van der Waals surface area contributed by atoms with E-state index in [9.17, 15) is 18.0 Å². The maximum atomic E-state index is 13.6. The average molecular weight is 544 g/mol. The van der Waals surface area contributed by atoms with Crippen LogP contribution in [0.3, 0.4) is 0 Å². The molecule has 0 aliphatic heterocycles. The van der Waals surface area contributed by atoms with Crippen LogP contribution >= 0.6 is 0 Å². The van der Waals surface area contributed by atoms with Crippen molar-refractivity contribution in [2.75, 3.05) is 32.3 Å². The Morgan fingerprint density at radius 1 is 1.10 bits per heavy atom. The van der Waals surface area contributed by atoms with Gasteiger partial charge in [0.05, 0.1) is 24.2 Å². The molecule has 1 atom stereocenters. The zero-order valence-electron chi connectivity index (χ0n) is 23.2. The number of nitrogen functional groups attached to an aromatic ring is 1. The number of rotatable bonds is 6. The molecule has 39 heavy (non-hydrogen) atoms. The van der Waals surface area contributed by atoms with Gasteiger partial charge in [-0.1, -0.05) is 0 Å². The molecule has 7 nitrogen and oxygen atoms in total. The van der Waals surface area contributed by atoms with E-state index in [1.54, 1.807) is 46.0 Å². The number of aromatic nitrogens is 2. The van der Waals surface area contributed by atoms with Crippen molar-refractivity contribution in [3.63, 3.8) is 0 Å². The number of anilines is 2. The fourth-order valence-corrected chi connectivity index (χ4v) is 5.70. The Kier molecular flexibility index (Phi) is 7.95. The van der Waals surface area contributed by atoms with Gasteiger partial charge in [-0.15, -0.1) is 0 Å². The van der Waals surface area contributed by atoms with Crippen molar-refractivity contribution in [3.8, 4) is 5.75 Å². The molecule has 1 heterocycles. The number of carbonyl (C=O) groups excluding carboxylic acids is 1. The number of methoxy groups -OCH3 is 1. The van der Waals surface area contributed by atoms with Crippen molar-refractivity contribution < 1.29 is 22.7 Å². The maximum Gasteiger partial charge on any atom is 0.416 e. The van der Waals surface area contributed by atoms with Gasteiger partial charge in [0, 0.05) is 37.2 Å². The number of halogens is 3. The third-order valence-corrected chi connectivity index (χ3v) is 7.71. The Labute approximate surface area is 226 Å². The van der Waals surface area contributed by atoms with Crippen LogP contribution in [0.25, 0.3) is 10.9 Å². The summed E-state index contributed by atoms with van der Waals surface area (Å²) in [5.74, 6) is 2.16. The van der Waals surface area contributed by atoms with Crippen molar-refractivity contribution in [2.45, 2.75) is 64.6 Å². The second kappa shape index (κ2) is 10.9. The van der Waals surface area contributed by atoms with Crippen LogP contribution < -0.4 is 15.8 Å². The number of ether oxygens (including phenoxy) is 1. The molecule has 0 radical (unpaired) electrons. The molecule has 1 aliphatic carbocycles. The highest BCUT2D eigenvalue weighted by Crippen LogP contribution is 2.43. The number of carbonyl (C=O) groups is 1. The molecule has 1 aliphatic rings. The van der Waals surface area contributed by atoms with Crippen molar-refractivity contribution >= 4 is 28.3 Å². The minimum Gasteiger partial charge on any atom is -0.496 e. The van der Waals surface area contributed by atoms with Crippen LogP contribution in [0, 0.1) is 19.8 Å². The third-order valence-electron chi connectivity index (χ3n) is 7.71. The zero-order valence-corrected chi connectivity index (χ0v) is 23.2. The van der Waals surface area contributed by atoms with E-state index in [0.29, 0.717) is 22.7 Å². The van der Waals surface area contributed by atoms with Crippen LogP contribution in [-0.2, 0) is 11.0 Å². The lowest BCUT2D eigenvalue weighted by Crippen LogP contribution is -2.32. The molecule has 1 aromatic heterocycles. The second-order valence-corrected chi connectivity index (χ2v) is 10.7. The number of alkyl halides is 3. The molecule has 0 spiro atoms. The van der Waals surface area contributed by atoms with Crippen LogP contribution in [0.1, 0.15) is 72.6 Å². The fourth-order valence-electron chi connectivity index (χ4n) is 5.70. The molecule has 4 rings (SSSR count). The zero-order chi connectivity index (χ0) is 28.6. The fraction of sp³-hybridized carbons (Fsp3) is 0.483. The highest BCUT2D eigenvalue weighted by molar-refractivity contribution is 5.91. The first kappa shape index (κ1) is 28.4. The molecule has 2 aromatic carbocycles. The number of nitrogens with zero attached hydrogens (tertiary/aromatic N) is 3. The van der Waals surface area contributed by atoms with Crippen LogP contribution in [0.2, 0.25) is 0 Å². The van der Waals surface area contributed by atoms with Gasteiger partial charge >= 0.3 is 6.18 Å². The third kappa shape index (κ3) is 5.89. The lowest BCUT2D eigenvalue weighted by Gasteiger charge is -2.30. The van der Waals surface area contributed by atoms with E-state index >= 15 is 0 Å². The van der Waals surface area contributed by atoms with Gasteiger partial charge in [-0.2, -0.15) is 13.2 Å². The quantitative estimate of drug-likeness (QED) is 0.350. The number of nitrogens with two attached hydrogens (primary N) is 1. The molecule has 0 bridgehead atoms. The normalized spacial score (nSPS) is 18.6. The van der Waals surface area contributed by atoms with Crippen LogP contribution in [-0.4, -0.2) is 42.0 Å². The van der Waals surface area contributed by atoms with Gasteiger partial charge in [-0.25, -0.2) is 9.97 Å². The topological polar surface area (TPSA) is 93.4 Å². The van der Waals surface area contributed by atoms with Crippen molar-refractivity contribution in [1.29, 1.82) is 0 Å². The standard InChI is InChI=1S/C29H36F3N5O2/c1-15-21(11-20(33)12-24(15)29(30,31)32)16(2)34-27-23-13-22(26(39-6)14-25(23)35-17(3)36-27)18-7-9-19(10-8-18)28(38)37(4)5/h11-14,16,18-19H,7-10,33H2,1-6H3,(H,34,35,36)/t16-,18?,19?/m0/s1. The molecular formula is C29H36F3N5O2. The number of nitrogens with one attached hydrogen (secondary N) is 1. The van der Waals surface area contributed by atoms with Crippen LogP contribution in [0.4, 0.5) is 24.7 Å². The predicted octanol–water partition coefficient (Wildman–Crippen LogP) is 6.39. The van der Waals surface area contributed by atoms with E-state index in [0.717, 1.165) is 48.4 Å². The Balaban J connectivity index is 1.71. The second-order valence-electron chi connectivity index (χ2n) is 10.7. The van der Waals surface area contributed by atoms with Crippen LogP contribution in [0.5, 0.6) is 5.75 Å². The molecule has 1 saturated carbocycles. The molecule has 0 saturated heterocycles. The lowest BCUT2D eigenvalue weighted by atomic mass is 9.77. The number of amides is 1. The molecule has 1 amide bonds.